The summed E-state index contributed by atoms with van der Waals surface area (Å²) in [4.78, 5) is 10.8. The highest BCUT2D eigenvalue weighted by atomic mass is 127. The Morgan fingerprint density at radius 2 is 2.17 bits per heavy atom. The number of benzene rings is 1. The molecule has 0 spiro atoms. The van der Waals surface area contributed by atoms with Gasteiger partial charge in [0.2, 0.25) is 0 Å². The number of rotatable bonds is 1. The minimum absolute atomic E-state index is 0.0536. The van der Waals surface area contributed by atoms with E-state index in [9.17, 15) is 9.90 Å². The van der Waals surface area contributed by atoms with Crippen LogP contribution in [0, 0.1) is 3.57 Å². The standard InChI is InChI=1S/C7H6INO3/c8-4-1-2-5(6(10)3-4)7(11)9-12/h1-3,10,12H,(H,9,11). The van der Waals surface area contributed by atoms with Gasteiger partial charge in [-0.3, -0.25) is 10.0 Å². The van der Waals surface area contributed by atoms with E-state index in [0.29, 0.717) is 0 Å². The molecule has 0 atom stereocenters. The molecule has 0 fully saturated rings. The second kappa shape index (κ2) is 3.72. The van der Waals surface area contributed by atoms with E-state index in [0.717, 1.165) is 3.57 Å². The lowest BCUT2D eigenvalue weighted by atomic mass is 10.2. The maximum Gasteiger partial charge on any atom is 0.278 e. The summed E-state index contributed by atoms with van der Waals surface area (Å²) in [6.07, 6.45) is 0. The van der Waals surface area contributed by atoms with Crippen LogP contribution in [0.1, 0.15) is 10.4 Å². The second-order valence-electron chi connectivity index (χ2n) is 2.10. The van der Waals surface area contributed by atoms with Crippen molar-refractivity contribution in [3.8, 4) is 5.75 Å². The molecule has 0 aliphatic carbocycles. The van der Waals surface area contributed by atoms with Gasteiger partial charge in [0.25, 0.3) is 5.91 Å². The summed E-state index contributed by atoms with van der Waals surface area (Å²) >= 11 is 2.00. The number of aromatic hydroxyl groups is 1. The van der Waals surface area contributed by atoms with Crippen molar-refractivity contribution in [2.45, 2.75) is 0 Å². The zero-order valence-electron chi connectivity index (χ0n) is 5.91. The number of hydroxylamine groups is 1. The van der Waals surface area contributed by atoms with Crippen LogP contribution in [-0.2, 0) is 0 Å². The Morgan fingerprint density at radius 3 is 2.67 bits per heavy atom. The monoisotopic (exact) mass is 279 g/mol. The Morgan fingerprint density at radius 1 is 1.50 bits per heavy atom. The Labute approximate surface area is 82.3 Å². The van der Waals surface area contributed by atoms with Gasteiger partial charge >= 0.3 is 0 Å². The van der Waals surface area contributed by atoms with Crippen LogP contribution < -0.4 is 5.48 Å². The van der Waals surface area contributed by atoms with E-state index in [1.807, 2.05) is 22.6 Å². The summed E-state index contributed by atoms with van der Waals surface area (Å²) in [6.45, 7) is 0. The molecule has 0 aliphatic heterocycles. The molecule has 0 saturated heterocycles. The third kappa shape index (κ3) is 1.86. The van der Waals surface area contributed by atoms with Crippen LogP contribution in [-0.4, -0.2) is 16.2 Å². The van der Waals surface area contributed by atoms with Crippen LogP contribution in [0.2, 0.25) is 0 Å². The molecule has 1 aromatic carbocycles. The SMILES string of the molecule is O=C(NO)c1ccc(I)cc1O. The average Bonchev–Trinajstić information content (AvgIpc) is 2.03. The van der Waals surface area contributed by atoms with E-state index in [2.05, 4.69) is 0 Å². The molecule has 3 N–H and O–H groups in total. The van der Waals surface area contributed by atoms with Gasteiger partial charge in [-0.15, -0.1) is 0 Å². The molecule has 4 nitrogen and oxygen atoms in total. The largest absolute Gasteiger partial charge is 0.507 e. The lowest BCUT2D eigenvalue weighted by molar-refractivity contribution is 0.0703. The fraction of sp³-hybridized carbons (Fsp3) is 0. The number of phenols is 1. The highest BCUT2D eigenvalue weighted by Crippen LogP contribution is 2.19. The van der Waals surface area contributed by atoms with Crippen LogP contribution in [0.4, 0.5) is 0 Å². The van der Waals surface area contributed by atoms with E-state index in [-0.39, 0.29) is 11.3 Å². The molecule has 1 rings (SSSR count). The zero-order chi connectivity index (χ0) is 9.14. The first kappa shape index (κ1) is 9.27. The molecule has 0 aromatic heterocycles. The molecule has 0 radical (unpaired) electrons. The van der Waals surface area contributed by atoms with Crippen molar-refractivity contribution < 1.29 is 15.1 Å². The molecule has 0 aliphatic rings. The Bertz CT molecular complexity index is 314. The topological polar surface area (TPSA) is 69.6 Å². The van der Waals surface area contributed by atoms with Crippen LogP contribution in [0.5, 0.6) is 5.75 Å². The molecule has 12 heavy (non-hydrogen) atoms. The van der Waals surface area contributed by atoms with E-state index in [1.165, 1.54) is 17.6 Å². The van der Waals surface area contributed by atoms with Gasteiger partial charge in [0.1, 0.15) is 5.75 Å². The highest BCUT2D eigenvalue weighted by Gasteiger charge is 2.09. The van der Waals surface area contributed by atoms with Crippen molar-refractivity contribution in [1.29, 1.82) is 0 Å². The number of hydrogen-bond acceptors (Lipinski definition) is 3. The molecule has 0 unspecified atom stereocenters. The van der Waals surface area contributed by atoms with Gasteiger partial charge < -0.3 is 5.11 Å². The van der Waals surface area contributed by atoms with Crippen LogP contribution in [0.15, 0.2) is 18.2 Å². The maximum atomic E-state index is 10.8. The molecule has 1 amide bonds. The van der Waals surface area contributed by atoms with Crippen molar-refractivity contribution in [1.82, 2.24) is 5.48 Å². The molecule has 64 valence electrons. The highest BCUT2D eigenvalue weighted by molar-refractivity contribution is 14.1. The number of halogens is 1. The van der Waals surface area contributed by atoms with Crippen LogP contribution in [0.3, 0.4) is 0 Å². The Kier molecular flexibility index (Phi) is 2.88. The smallest absolute Gasteiger partial charge is 0.278 e. The average molecular weight is 279 g/mol. The van der Waals surface area contributed by atoms with E-state index in [1.54, 1.807) is 6.07 Å². The third-order valence-electron chi connectivity index (χ3n) is 1.31. The number of nitrogens with one attached hydrogen (secondary N) is 1. The lowest BCUT2D eigenvalue weighted by Crippen LogP contribution is -2.18. The predicted octanol–water partition coefficient (Wildman–Crippen LogP) is 1.12. The van der Waals surface area contributed by atoms with Gasteiger partial charge in [-0.25, -0.2) is 5.48 Å². The minimum atomic E-state index is -0.719. The van der Waals surface area contributed by atoms with Gasteiger partial charge in [-0.1, -0.05) is 0 Å². The first-order valence-electron chi connectivity index (χ1n) is 3.08. The summed E-state index contributed by atoms with van der Waals surface area (Å²) in [6, 6.07) is 4.53. The number of phenolic OH excluding ortho intramolecular Hbond substituents is 1. The van der Waals surface area contributed by atoms with Gasteiger partial charge in [0.15, 0.2) is 0 Å². The van der Waals surface area contributed by atoms with Crippen LogP contribution >= 0.6 is 22.6 Å². The van der Waals surface area contributed by atoms with Crippen molar-refractivity contribution in [3.05, 3.63) is 27.3 Å². The molecule has 0 heterocycles. The summed E-state index contributed by atoms with van der Waals surface area (Å²) in [7, 11) is 0. The molecule has 5 heteroatoms. The second-order valence-corrected chi connectivity index (χ2v) is 3.35. The maximum absolute atomic E-state index is 10.8. The van der Waals surface area contributed by atoms with Crippen molar-refractivity contribution in [2.24, 2.45) is 0 Å². The number of carbonyl (C=O) groups excluding carboxylic acids is 1. The first-order chi connectivity index (χ1) is 5.65. The van der Waals surface area contributed by atoms with Crippen molar-refractivity contribution >= 4 is 28.5 Å². The van der Waals surface area contributed by atoms with E-state index >= 15 is 0 Å². The van der Waals surface area contributed by atoms with Crippen LogP contribution in [0.25, 0.3) is 0 Å². The molecular weight excluding hydrogens is 273 g/mol. The Hall–Kier alpha value is -0.820. The molecular formula is C7H6INO3. The third-order valence-corrected chi connectivity index (χ3v) is 1.98. The normalized spacial score (nSPS) is 9.50. The quantitative estimate of drug-likeness (QED) is 0.410. The molecule has 1 aromatic rings. The fourth-order valence-corrected chi connectivity index (χ4v) is 1.23. The predicted molar refractivity (Wildman–Crippen MR) is 50.1 cm³/mol. The minimum Gasteiger partial charge on any atom is -0.507 e. The van der Waals surface area contributed by atoms with Crippen molar-refractivity contribution in [3.63, 3.8) is 0 Å². The van der Waals surface area contributed by atoms with Crippen molar-refractivity contribution in [2.75, 3.05) is 0 Å². The van der Waals surface area contributed by atoms with E-state index in [4.69, 9.17) is 5.21 Å². The lowest BCUT2D eigenvalue weighted by Gasteiger charge is -2.01. The van der Waals surface area contributed by atoms with Gasteiger partial charge in [0, 0.05) is 3.57 Å². The Balaban J connectivity index is 3.09. The summed E-state index contributed by atoms with van der Waals surface area (Å²) in [5.74, 6) is -0.864. The number of amides is 1. The number of carbonyl (C=O) groups is 1. The fourth-order valence-electron chi connectivity index (χ4n) is 0.757. The summed E-state index contributed by atoms with van der Waals surface area (Å²) in [5.41, 5.74) is 1.49. The molecule has 0 saturated carbocycles. The van der Waals surface area contributed by atoms with Gasteiger partial charge in [0.05, 0.1) is 5.56 Å². The molecule has 0 bridgehead atoms. The van der Waals surface area contributed by atoms with Gasteiger partial charge in [-0.05, 0) is 40.8 Å². The summed E-state index contributed by atoms with van der Waals surface area (Å²) < 4.78 is 0.819. The van der Waals surface area contributed by atoms with Gasteiger partial charge in [-0.2, -0.15) is 0 Å². The number of hydrogen-bond donors (Lipinski definition) is 3. The summed E-state index contributed by atoms with van der Waals surface area (Å²) in [5, 5.41) is 17.5. The zero-order valence-corrected chi connectivity index (χ0v) is 8.07. The van der Waals surface area contributed by atoms with E-state index < -0.39 is 5.91 Å². The first-order valence-corrected chi connectivity index (χ1v) is 4.16.